The van der Waals surface area contributed by atoms with Gasteiger partial charge >= 0.3 is 0 Å². The van der Waals surface area contributed by atoms with Gasteiger partial charge in [-0.1, -0.05) is 13.0 Å². The fraction of sp³-hybridized carbons (Fsp3) is 0.562. The summed E-state index contributed by atoms with van der Waals surface area (Å²) >= 11 is 0. The molecule has 7 heteroatoms. The zero-order valence-corrected chi connectivity index (χ0v) is 15.0. The minimum Gasteiger partial charge on any atom is -0.379 e. The van der Waals surface area contributed by atoms with E-state index in [9.17, 15) is 13.2 Å². The first-order chi connectivity index (χ1) is 10.8. The second-order valence-electron chi connectivity index (χ2n) is 5.51. The number of carbonyl (C=O) groups excluding carboxylic acids is 1. The second-order valence-corrected chi connectivity index (χ2v) is 7.27. The molecule has 0 heterocycles. The molecule has 0 aromatic heterocycles. The Balaban J connectivity index is 2.73. The Labute approximate surface area is 138 Å². The van der Waals surface area contributed by atoms with Crippen LogP contribution in [0.5, 0.6) is 0 Å². The number of sulfonamides is 1. The van der Waals surface area contributed by atoms with E-state index < -0.39 is 10.0 Å². The Bertz CT molecular complexity index is 627. The molecule has 23 heavy (non-hydrogen) atoms. The highest BCUT2D eigenvalue weighted by Crippen LogP contribution is 2.15. The lowest BCUT2D eigenvalue weighted by Crippen LogP contribution is -2.27. The van der Waals surface area contributed by atoms with Gasteiger partial charge in [0, 0.05) is 25.3 Å². The molecule has 0 aliphatic carbocycles. The van der Waals surface area contributed by atoms with E-state index in [1.807, 2.05) is 13.8 Å². The molecular weight excluding hydrogens is 316 g/mol. The quantitative estimate of drug-likeness (QED) is 0.671. The third-order valence-electron chi connectivity index (χ3n) is 3.16. The summed E-state index contributed by atoms with van der Waals surface area (Å²) in [5.74, 6) is -0.277. The number of amides is 1. The van der Waals surface area contributed by atoms with E-state index >= 15 is 0 Å². The number of benzene rings is 1. The van der Waals surface area contributed by atoms with Crippen molar-refractivity contribution in [1.82, 2.24) is 10.0 Å². The Morgan fingerprint density at radius 2 is 2.00 bits per heavy atom. The van der Waals surface area contributed by atoms with Crippen molar-refractivity contribution in [2.24, 2.45) is 0 Å². The van der Waals surface area contributed by atoms with Gasteiger partial charge in [0.2, 0.25) is 10.0 Å². The molecule has 0 bridgehead atoms. The number of hydrogen-bond donors (Lipinski definition) is 2. The molecule has 0 saturated carbocycles. The normalized spacial score (nSPS) is 11.7. The van der Waals surface area contributed by atoms with Crippen LogP contribution < -0.4 is 10.0 Å². The highest BCUT2D eigenvalue weighted by Gasteiger charge is 2.17. The van der Waals surface area contributed by atoms with Crippen LogP contribution in [-0.4, -0.2) is 40.1 Å². The van der Waals surface area contributed by atoms with Gasteiger partial charge < -0.3 is 10.1 Å². The second kappa shape index (κ2) is 9.00. The van der Waals surface area contributed by atoms with E-state index in [1.165, 1.54) is 12.1 Å². The van der Waals surface area contributed by atoms with Gasteiger partial charge in [-0.25, -0.2) is 13.1 Å². The van der Waals surface area contributed by atoms with Crippen molar-refractivity contribution in [2.45, 2.75) is 45.1 Å². The summed E-state index contributed by atoms with van der Waals surface area (Å²) < 4.78 is 31.9. The predicted molar refractivity (Wildman–Crippen MR) is 90.1 cm³/mol. The van der Waals surface area contributed by atoms with Gasteiger partial charge in [-0.3, -0.25) is 4.79 Å². The van der Waals surface area contributed by atoms with Crippen LogP contribution in [0, 0.1) is 6.92 Å². The van der Waals surface area contributed by atoms with Crippen molar-refractivity contribution >= 4 is 15.9 Å². The summed E-state index contributed by atoms with van der Waals surface area (Å²) in [4.78, 5) is 12.3. The van der Waals surface area contributed by atoms with Crippen molar-refractivity contribution in [1.29, 1.82) is 0 Å². The predicted octanol–water partition coefficient (Wildman–Crippen LogP) is 1.84. The van der Waals surface area contributed by atoms with Crippen LogP contribution >= 0.6 is 0 Å². The van der Waals surface area contributed by atoms with E-state index in [-0.39, 0.29) is 16.9 Å². The summed E-state index contributed by atoms with van der Waals surface area (Å²) in [6, 6.07) is 4.55. The molecule has 1 amide bonds. The molecule has 1 aromatic rings. The van der Waals surface area contributed by atoms with Crippen molar-refractivity contribution in [3.05, 3.63) is 29.3 Å². The third kappa shape index (κ3) is 6.29. The van der Waals surface area contributed by atoms with E-state index in [0.717, 1.165) is 5.56 Å². The molecule has 1 rings (SSSR count). The number of ether oxygens (including phenoxy) is 1. The zero-order valence-electron chi connectivity index (χ0n) is 14.2. The highest BCUT2D eigenvalue weighted by atomic mass is 32.2. The summed E-state index contributed by atoms with van der Waals surface area (Å²) in [5, 5.41) is 2.79. The van der Waals surface area contributed by atoms with E-state index in [2.05, 4.69) is 10.0 Å². The SMILES string of the molecule is CCNS(=O)(=O)c1ccc(C)c(C(=O)NCCCOC(C)C)c1. The summed E-state index contributed by atoms with van der Waals surface area (Å²) in [5.41, 5.74) is 1.10. The molecule has 0 radical (unpaired) electrons. The average molecular weight is 342 g/mol. The minimum atomic E-state index is -3.57. The van der Waals surface area contributed by atoms with E-state index in [0.29, 0.717) is 31.7 Å². The Kier molecular flexibility index (Phi) is 7.67. The Morgan fingerprint density at radius 3 is 2.61 bits per heavy atom. The van der Waals surface area contributed by atoms with Crippen LogP contribution in [0.15, 0.2) is 23.1 Å². The molecular formula is C16H26N2O4S. The van der Waals surface area contributed by atoms with Gasteiger partial charge in [-0.05, 0) is 44.9 Å². The first-order valence-corrected chi connectivity index (χ1v) is 9.26. The molecule has 0 spiro atoms. The number of nitrogens with one attached hydrogen (secondary N) is 2. The lowest BCUT2D eigenvalue weighted by Gasteiger charge is -2.11. The fourth-order valence-corrected chi connectivity index (χ4v) is 3.04. The van der Waals surface area contributed by atoms with Crippen LogP contribution in [0.25, 0.3) is 0 Å². The molecule has 0 saturated heterocycles. The molecule has 6 nitrogen and oxygen atoms in total. The van der Waals surface area contributed by atoms with E-state index in [4.69, 9.17) is 4.74 Å². The van der Waals surface area contributed by atoms with Crippen LogP contribution in [0.4, 0.5) is 0 Å². The van der Waals surface area contributed by atoms with Crippen LogP contribution in [0.1, 0.15) is 43.1 Å². The molecule has 2 N–H and O–H groups in total. The lowest BCUT2D eigenvalue weighted by atomic mass is 10.1. The number of aryl methyl sites for hydroxylation is 1. The minimum absolute atomic E-state index is 0.0956. The summed E-state index contributed by atoms with van der Waals surface area (Å²) in [6.07, 6.45) is 0.874. The Morgan fingerprint density at radius 1 is 1.30 bits per heavy atom. The summed E-state index contributed by atoms with van der Waals surface area (Å²) in [7, 11) is -3.57. The molecule has 1 aromatic carbocycles. The maximum Gasteiger partial charge on any atom is 0.251 e. The van der Waals surface area contributed by atoms with Crippen molar-refractivity contribution in [3.8, 4) is 0 Å². The van der Waals surface area contributed by atoms with Gasteiger partial charge in [0.25, 0.3) is 5.91 Å². The number of hydrogen-bond acceptors (Lipinski definition) is 4. The van der Waals surface area contributed by atoms with Crippen molar-refractivity contribution in [2.75, 3.05) is 19.7 Å². The largest absolute Gasteiger partial charge is 0.379 e. The smallest absolute Gasteiger partial charge is 0.251 e. The fourth-order valence-electron chi connectivity index (χ4n) is 1.97. The summed E-state index contributed by atoms with van der Waals surface area (Å²) in [6.45, 7) is 8.75. The van der Waals surface area contributed by atoms with Crippen molar-refractivity contribution in [3.63, 3.8) is 0 Å². The van der Waals surface area contributed by atoms with Crippen LogP contribution in [0.3, 0.4) is 0 Å². The van der Waals surface area contributed by atoms with Crippen LogP contribution in [-0.2, 0) is 14.8 Å². The number of carbonyl (C=O) groups is 1. The van der Waals surface area contributed by atoms with Gasteiger partial charge in [0.15, 0.2) is 0 Å². The molecule has 0 aliphatic rings. The topological polar surface area (TPSA) is 84.5 Å². The van der Waals surface area contributed by atoms with Gasteiger partial charge in [-0.15, -0.1) is 0 Å². The number of rotatable bonds is 9. The monoisotopic (exact) mass is 342 g/mol. The highest BCUT2D eigenvalue weighted by molar-refractivity contribution is 7.89. The van der Waals surface area contributed by atoms with E-state index in [1.54, 1.807) is 19.9 Å². The first-order valence-electron chi connectivity index (χ1n) is 7.78. The van der Waals surface area contributed by atoms with Gasteiger partial charge in [0.05, 0.1) is 11.0 Å². The molecule has 0 atom stereocenters. The molecule has 0 unspecified atom stereocenters. The Hall–Kier alpha value is -1.44. The van der Waals surface area contributed by atoms with Crippen molar-refractivity contribution < 1.29 is 17.9 Å². The third-order valence-corrected chi connectivity index (χ3v) is 4.70. The zero-order chi connectivity index (χ0) is 17.5. The standard InChI is InChI=1S/C16H26N2O4S/c1-5-18-23(20,21)14-8-7-13(4)15(11-14)16(19)17-9-6-10-22-12(2)3/h7-8,11-12,18H,5-6,9-10H2,1-4H3,(H,17,19). The van der Waals surface area contributed by atoms with Crippen LogP contribution in [0.2, 0.25) is 0 Å². The average Bonchev–Trinajstić information content (AvgIpc) is 2.46. The maximum absolute atomic E-state index is 12.2. The molecule has 0 fully saturated rings. The van der Waals surface area contributed by atoms with Gasteiger partial charge in [0.1, 0.15) is 0 Å². The first kappa shape index (κ1) is 19.6. The van der Waals surface area contributed by atoms with Gasteiger partial charge in [-0.2, -0.15) is 0 Å². The maximum atomic E-state index is 12.2. The molecule has 130 valence electrons. The molecule has 0 aliphatic heterocycles. The lowest BCUT2D eigenvalue weighted by molar-refractivity contribution is 0.0757.